The number of benzene rings is 1. The monoisotopic (exact) mass is 440 g/mol. The van der Waals surface area contributed by atoms with Crippen LogP contribution in [0.5, 0.6) is 5.88 Å². The summed E-state index contributed by atoms with van der Waals surface area (Å²) < 4.78 is 6.95. The molecule has 6 nitrogen and oxygen atoms in total. The fraction of sp³-hybridized carbons (Fsp3) is 0.296. The molecule has 0 unspecified atom stereocenters. The molecule has 0 aliphatic heterocycles. The summed E-state index contributed by atoms with van der Waals surface area (Å²) in [5, 5.41) is 7.75. The molecular formula is C27H28N4O2. The van der Waals surface area contributed by atoms with Crippen LogP contribution in [0.25, 0.3) is 16.6 Å². The van der Waals surface area contributed by atoms with Crippen LogP contribution in [0.1, 0.15) is 53.7 Å². The second-order valence-corrected chi connectivity index (χ2v) is 8.66. The number of hydrogen-bond acceptors (Lipinski definition) is 4. The summed E-state index contributed by atoms with van der Waals surface area (Å²) >= 11 is 0. The maximum absolute atomic E-state index is 12.9. The van der Waals surface area contributed by atoms with Crippen molar-refractivity contribution in [2.45, 2.75) is 44.6 Å². The third kappa shape index (κ3) is 4.75. The van der Waals surface area contributed by atoms with Gasteiger partial charge in [0.1, 0.15) is 5.69 Å². The van der Waals surface area contributed by atoms with Crippen LogP contribution < -0.4 is 10.1 Å². The van der Waals surface area contributed by atoms with Crippen LogP contribution in [-0.2, 0) is 6.42 Å². The van der Waals surface area contributed by atoms with Crippen LogP contribution >= 0.6 is 0 Å². The standard InChI is InChI=1S/C27H28N4O2/c1-33-26-14-13-21(18-28-26)20-11-9-19(10-12-20)16-22-17-24(30-31-15-5-8-25(22)31)27(32)29-23-6-3-2-4-7-23/h5,8-15,17-18,23H,2-4,6-7,16H2,1H3,(H,29,32). The second-order valence-electron chi connectivity index (χ2n) is 8.66. The van der Waals surface area contributed by atoms with Gasteiger partial charge in [-0.05, 0) is 60.2 Å². The average Bonchev–Trinajstić information content (AvgIpc) is 3.34. The van der Waals surface area contributed by atoms with E-state index in [1.54, 1.807) is 7.11 Å². The topological polar surface area (TPSA) is 68.5 Å². The van der Waals surface area contributed by atoms with Gasteiger partial charge >= 0.3 is 0 Å². The first kappa shape index (κ1) is 21.2. The van der Waals surface area contributed by atoms with Crippen molar-refractivity contribution in [3.05, 3.63) is 83.8 Å². The summed E-state index contributed by atoms with van der Waals surface area (Å²) in [6.07, 6.45) is 10.2. The van der Waals surface area contributed by atoms with E-state index in [0.717, 1.165) is 41.5 Å². The molecule has 3 aromatic heterocycles. The number of amides is 1. The fourth-order valence-corrected chi connectivity index (χ4v) is 4.56. The molecule has 168 valence electrons. The van der Waals surface area contributed by atoms with Crippen molar-refractivity contribution in [2.75, 3.05) is 7.11 Å². The molecule has 1 N–H and O–H groups in total. The SMILES string of the molecule is COc1ccc(-c2ccc(Cc3cc(C(=O)NC4CCCCC4)nn4cccc34)cc2)cn1. The molecule has 1 amide bonds. The van der Waals surface area contributed by atoms with E-state index in [0.29, 0.717) is 11.6 Å². The second kappa shape index (κ2) is 9.45. The van der Waals surface area contributed by atoms with E-state index in [1.165, 1.54) is 24.8 Å². The summed E-state index contributed by atoms with van der Waals surface area (Å²) in [6, 6.07) is 18.5. The molecular weight excluding hydrogens is 412 g/mol. The van der Waals surface area contributed by atoms with Gasteiger partial charge in [-0.15, -0.1) is 0 Å². The first-order valence-corrected chi connectivity index (χ1v) is 11.6. The Balaban J connectivity index is 1.36. The predicted molar refractivity (Wildman–Crippen MR) is 129 cm³/mol. The smallest absolute Gasteiger partial charge is 0.271 e. The Morgan fingerprint density at radius 3 is 2.58 bits per heavy atom. The minimum atomic E-state index is -0.0823. The minimum Gasteiger partial charge on any atom is -0.481 e. The Bertz CT molecular complexity index is 1240. The van der Waals surface area contributed by atoms with E-state index in [1.807, 2.05) is 47.2 Å². The number of fused-ring (bicyclic) bond motifs is 1. The van der Waals surface area contributed by atoms with Crippen molar-refractivity contribution in [3.63, 3.8) is 0 Å². The van der Waals surface area contributed by atoms with Gasteiger partial charge in [0, 0.05) is 30.1 Å². The maximum atomic E-state index is 12.9. The molecule has 0 radical (unpaired) electrons. The zero-order valence-corrected chi connectivity index (χ0v) is 18.8. The van der Waals surface area contributed by atoms with Crippen LogP contribution in [0.4, 0.5) is 0 Å². The number of carbonyl (C=O) groups is 1. The Kier molecular flexibility index (Phi) is 6.07. The van der Waals surface area contributed by atoms with Crippen molar-refractivity contribution in [2.24, 2.45) is 0 Å². The molecule has 0 spiro atoms. The van der Waals surface area contributed by atoms with Gasteiger partial charge in [-0.1, -0.05) is 43.5 Å². The number of nitrogens with zero attached hydrogens (tertiary/aromatic N) is 3. The van der Waals surface area contributed by atoms with Crippen LogP contribution in [0.2, 0.25) is 0 Å². The van der Waals surface area contributed by atoms with Gasteiger partial charge < -0.3 is 10.1 Å². The molecule has 1 aliphatic rings. The van der Waals surface area contributed by atoms with Gasteiger partial charge in [-0.2, -0.15) is 5.10 Å². The third-order valence-corrected chi connectivity index (χ3v) is 6.38. The average molecular weight is 441 g/mol. The summed E-state index contributed by atoms with van der Waals surface area (Å²) in [6.45, 7) is 0. The first-order valence-electron chi connectivity index (χ1n) is 11.6. The molecule has 1 saturated carbocycles. The normalized spacial score (nSPS) is 14.3. The molecule has 6 heteroatoms. The number of hydrogen-bond donors (Lipinski definition) is 1. The highest BCUT2D eigenvalue weighted by atomic mass is 16.5. The van der Waals surface area contributed by atoms with Gasteiger partial charge in [0.25, 0.3) is 5.91 Å². The summed E-state index contributed by atoms with van der Waals surface area (Å²) in [4.78, 5) is 17.2. The summed E-state index contributed by atoms with van der Waals surface area (Å²) in [7, 11) is 1.61. The van der Waals surface area contributed by atoms with E-state index < -0.39 is 0 Å². The van der Waals surface area contributed by atoms with Gasteiger partial charge in [0.05, 0.1) is 12.6 Å². The Morgan fingerprint density at radius 2 is 1.85 bits per heavy atom. The molecule has 1 aliphatic carbocycles. The quantitative estimate of drug-likeness (QED) is 0.455. The van der Waals surface area contributed by atoms with E-state index in [2.05, 4.69) is 39.7 Å². The van der Waals surface area contributed by atoms with Gasteiger partial charge in [0.2, 0.25) is 5.88 Å². The van der Waals surface area contributed by atoms with Crippen molar-refractivity contribution < 1.29 is 9.53 Å². The number of methoxy groups -OCH3 is 1. The molecule has 1 aromatic carbocycles. The molecule has 4 aromatic rings. The molecule has 3 heterocycles. The number of aromatic nitrogens is 3. The van der Waals surface area contributed by atoms with Crippen LogP contribution in [0.15, 0.2) is 67.0 Å². The first-order chi connectivity index (χ1) is 16.2. The van der Waals surface area contributed by atoms with Crippen LogP contribution in [-0.4, -0.2) is 33.7 Å². The van der Waals surface area contributed by atoms with E-state index in [9.17, 15) is 4.79 Å². The van der Waals surface area contributed by atoms with Crippen LogP contribution in [0, 0.1) is 0 Å². The minimum absolute atomic E-state index is 0.0823. The van der Waals surface area contributed by atoms with Gasteiger partial charge in [-0.3, -0.25) is 4.79 Å². The molecule has 33 heavy (non-hydrogen) atoms. The molecule has 0 saturated heterocycles. The number of rotatable bonds is 6. The Labute approximate surface area is 193 Å². The molecule has 1 fully saturated rings. The number of carbonyl (C=O) groups excluding carboxylic acids is 1. The Hall–Kier alpha value is -3.67. The molecule has 5 rings (SSSR count). The zero-order valence-electron chi connectivity index (χ0n) is 18.8. The van der Waals surface area contributed by atoms with Crippen molar-refractivity contribution in [3.8, 4) is 17.0 Å². The van der Waals surface area contributed by atoms with E-state index in [4.69, 9.17) is 4.74 Å². The number of ether oxygens (including phenoxy) is 1. The largest absolute Gasteiger partial charge is 0.481 e. The highest BCUT2D eigenvalue weighted by molar-refractivity contribution is 5.93. The third-order valence-electron chi connectivity index (χ3n) is 6.38. The van der Waals surface area contributed by atoms with Crippen molar-refractivity contribution >= 4 is 11.4 Å². The van der Waals surface area contributed by atoms with Crippen molar-refractivity contribution in [1.29, 1.82) is 0 Å². The summed E-state index contributed by atoms with van der Waals surface area (Å²) in [5.41, 5.74) is 5.90. The molecule has 0 atom stereocenters. The summed E-state index contributed by atoms with van der Waals surface area (Å²) in [5.74, 6) is 0.522. The molecule has 0 bridgehead atoms. The predicted octanol–water partition coefficient (Wildman–Crippen LogP) is 5.06. The van der Waals surface area contributed by atoms with Crippen molar-refractivity contribution in [1.82, 2.24) is 19.9 Å². The van der Waals surface area contributed by atoms with Gasteiger partial charge in [0.15, 0.2) is 0 Å². The highest BCUT2D eigenvalue weighted by Crippen LogP contribution is 2.23. The highest BCUT2D eigenvalue weighted by Gasteiger charge is 2.19. The number of nitrogens with one attached hydrogen (secondary N) is 1. The zero-order chi connectivity index (χ0) is 22.6. The van der Waals surface area contributed by atoms with Crippen LogP contribution in [0.3, 0.4) is 0 Å². The lowest BCUT2D eigenvalue weighted by Gasteiger charge is -2.22. The lowest BCUT2D eigenvalue weighted by molar-refractivity contribution is 0.0921. The van der Waals surface area contributed by atoms with Gasteiger partial charge in [-0.25, -0.2) is 9.50 Å². The lowest BCUT2D eigenvalue weighted by Crippen LogP contribution is -2.36. The van der Waals surface area contributed by atoms with E-state index >= 15 is 0 Å². The fourth-order valence-electron chi connectivity index (χ4n) is 4.56. The lowest BCUT2D eigenvalue weighted by atomic mass is 9.95. The van der Waals surface area contributed by atoms with E-state index in [-0.39, 0.29) is 11.9 Å². The maximum Gasteiger partial charge on any atom is 0.271 e. The Morgan fingerprint density at radius 1 is 1.06 bits per heavy atom. The number of pyridine rings is 1.